The summed E-state index contributed by atoms with van der Waals surface area (Å²) in [6, 6.07) is 9.23. The van der Waals surface area contributed by atoms with Gasteiger partial charge < -0.3 is 5.32 Å². The zero-order valence-electron chi connectivity index (χ0n) is 12.6. The molecule has 0 aliphatic heterocycles. The maximum atomic E-state index is 12.2. The van der Waals surface area contributed by atoms with Crippen LogP contribution in [0.4, 0.5) is 11.6 Å². The quantitative estimate of drug-likeness (QED) is 0.885. The molecule has 0 atom stereocenters. The number of carbonyl (C=O) groups is 1. The average Bonchev–Trinajstić information content (AvgIpc) is 2.44. The van der Waals surface area contributed by atoms with Crippen LogP contribution in [0.1, 0.15) is 35.1 Å². The number of anilines is 2. The molecule has 0 radical (unpaired) electrons. The molecule has 1 amide bonds. The Bertz CT molecular complexity index is 602. The van der Waals surface area contributed by atoms with Crippen LogP contribution >= 0.6 is 0 Å². The topological polar surface area (TPSA) is 66.9 Å². The Morgan fingerprint density at radius 3 is 2.29 bits per heavy atom. The van der Waals surface area contributed by atoms with Crippen LogP contribution in [0.25, 0.3) is 0 Å². The molecule has 0 aliphatic carbocycles. The van der Waals surface area contributed by atoms with Gasteiger partial charge in [0.05, 0.1) is 0 Å². The molecule has 2 rings (SSSR count). The van der Waals surface area contributed by atoms with E-state index in [4.69, 9.17) is 0 Å². The zero-order chi connectivity index (χ0) is 15.2. The van der Waals surface area contributed by atoms with Crippen molar-refractivity contribution in [3.8, 4) is 0 Å². The monoisotopic (exact) mass is 284 g/mol. The van der Waals surface area contributed by atoms with E-state index >= 15 is 0 Å². The van der Waals surface area contributed by atoms with Crippen molar-refractivity contribution >= 4 is 17.5 Å². The highest BCUT2D eigenvalue weighted by Gasteiger charge is 2.08. The third-order valence-electron chi connectivity index (χ3n) is 2.93. The smallest absolute Gasteiger partial charge is 0.258 e. The first-order valence-electron chi connectivity index (χ1n) is 7.06. The Kier molecular flexibility index (Phi) is 4.87. The van der Waals surface area contributed by atoms with E-state index in [1.165, 1.54) is 0 Å². The summed E-state index contributed by atoms with van der Waals surface area (Å²) in [6.07, 6.45) is 1.06. The van der Waals surface area contributed by atoms with Gasteiger partial charge in [-0.15, -0.1) is 0 Å². The Balaban J connectivity index is 2.06. The molecule has 0 unspecified atom stereocenters. The van der Waals surface area contributed by atoms with E-state index < -0.39 is 0 Å². The van der Waals surface area contributed by atoms with Gasteiger partial charge in [0.25, 0.3) is 5.91 Å². The van der Waals surface area contributed by atoms with Gasteiger partial charge in [-0.1, -0.05) is 6.92 Å². The lowest BCUT2D eigenvalue weighted by molar-refractivity contribution is 0.102. The van der Waals surface area contributed by atoms with Gasteiger partial charge in [0.15, 0.2) is 0 Å². The van der Waals surface area contributed by atoms with Crippen molar-refractivity contribution in [2.45, 2.75) is 27.2 Å². The lowest BCUT2D eigenvalue weighted by Gasteiger charge is -2.07. The SMILES string of the molecule is CCCNc1ccc(C(=O)Nc2nc(C)cc(C)n2)cc1. The van der Waals surface area contributed by atoms with Gasteiger partial charge in [0.1, 0.15) is 0 Å². The summed E-state index contributed by atoms with van der Waals surface area (Å²) >= 11 is 0. The molecule has 0 saturated heterocycles. The maximum Gasteiger partial charge on any atom is 0.258 e. The van der Waals surface area contributed by atoms with E-state index in [1.807, 2.05) is 32.0 Å². The molecule has 0 spiro atoms. The van der Waals surface area contributed by atoms with E-state index in [1.54, 1.807) is 12.1 Å². The van der Waals surface area contributed by atoms with Crippen molar-refractivity contribution in [2.75, 3.05) is 17.2 Å². The molecule has 0 aliphatic rings. The Hall–Kier alpha value is -2.43. The fourth-order valence-corrected chi connectivity index (χ4v) is 1.96. The number of aromatic nitrogens is 2. The molecule has 1 aromatic heterocycles. The van der Waals surface area contributed by atoms with Crippen LogP contribution in [0.2, 0.25) is 0 Å². The number of hydrogen-bond acceptors (Lipinski definition) is 4. The first-order valence-corrected chi connectivity index (χ1v) is 7.06. The molecule has 1 heterocycles. The number of rotatable bonds is 5. The predicted molar refractivity (Wildman–Crippen MR) is 84.7 cm³/mol. The highest BCUT2D eigenvalue weighted by atomic mass is 16.1. The van der Waals surface area contributed by atoms with Gasteiger partial charge in [-0.05, 0) is 50.6 Å². The fourth-order valence-electron chi connectivity index (χ4n) is 1.96. The van der Waals surface area contributed by atoms with Crippen molar-refractivity contribution in [3.05, 3.63) is 47.3 Å². The molecule has 21 heavy (non-hydrogen) atoms. The second-order valence-corrected chi connectivity index (χ2v) is 4.93. The summed E-state index contributed by atoms with van der Waals surface area (Å²) in [5.41, 5.74) is 3.25. The molecule has 110 valence electrons. The number of carbonyl (C=O) groups excluding carboxylic acids is 1. The molecule has 0 saturated carbocycles. The number of nitrogens with zero attached hydrogens (tertiary/aromatic N) is 2. The van der Waals surface area contributed by atoms with Crippen LogP contribution in [0.5, 0.6) is 0 Å². The third-order valence-corrected chi connectivity index (χ3v) is 2.93. The molecule has 1 aromatic carbocycles. The standard InChI is InChI=1S/C16H20N4O/c1-4-9-17-14-7-5-13(6-8-14)15(21)20-16-18-11(2)10-12(3)19-16/h5-8,10,17H,4,9H2,1-3H3,(H,18,19,20,21). The molecule has 5 heteroatoms. The van der Waals surface area contributed by atoms with Gasteiger partial charge in [-0.3, -0.25) is 10.1 Å². The van der Waals surface area contributed by atoms with Crippen LogP contribution in [0.15, 0.2) is 30.3 Å². The second kappa shape index (κ2) is 6.83. The molecule has 5 nitrogen and oxygen atoms in total. The largest absolute Gasteiger partial charge is 0.385 e. The number of hydrogen-bond donors (Lipinski definition) is 2. The van der Waals surface area contributed by atoms with Crippen molar-refractivity contribution in [1.82, 2.24) is 9.97 Å². The van der Waals surface area contributed by atoms with E-state index in [0.29, 0.717) is 11.5 Å². The predicted octanol–water partition coefficient (Wildman–Crippen LogP) is 3.17. The van der Waals surface area contributed by atoms with Gasteiger partial charge >= 0.3 is 0 Å². The fraction of sp³-hybridized carbons (Fsp3) is 0.312. The minimum Gasteiger partial charge on any atom is -0.385 e. The summed E-state index contributed by atoms with van der Waals surface area (Å²) < 4.78 is 0. The molecule has 0 bridgehead atoms. The minimum atomic E-state index is -0.206. The first-order chi connectivity index (χ1) is 10.1. The molecule has 0 fully saturated rings. The van der Waals surface area contributed by atoms with Crippen LogP contribution in [-0.4, -0.2) is 22.4 Å². The number of amides is 1. The minimum absolute atomic E-state index is 0.206. The second-order valence-electron chi connectivity index (χ2n) is 4.93. The number of benzene rings is 1. The van der Waals surface area contributed by atoms with Crippen LogP contribution in [0, 0.1) is 13.8 Å². The van der Waals surface area contributed by atoms with Crippen molar-refractivity contribution in [3.63, 3.8) is 0 Å². The van der Waals surface area contributed by atoms with E-state index in [0.717, 1.165) is 30.0 Å². The molecular formula is C16H20N4O. The van der Waals surface area contributed by atoms with E-state index in [9.17, 15) is 4.79 Å². The molecular weight excluding hydrogens is 264 g/mol. The summed E-state index contributed by atoms with van der Waals surface area (Å²) in [4.78, 5) is 20.6. The van der Waals surface area contributed by atoms with Crippen LogP contribution < -0.4 is 10.6 Å². The van der Waals surface area contributed by atoms with Crippen molar-refractivity contribution in [1.29, 1.82) is 0 Å². The highest BCUT2D eigenvalue weighted by molar-refractivity contribution is 6.03. The highest BCUT2D eigenvalue weighted by Crippen LogP contribution is 2.11. The molecule has 2 aromatic rings. The third kappa shape index (κ3) is 4.27. The normalized spacial score (nSPS) is 10.2. The van der Waals surface area contributed by atoms with Crippen LogP contribution in [-0.2, 0) is 0 Å². The van der Waals surface area contributed by atoms with E-state index in [-0.39, 0.29) is 5.91 Å². The average molecular weight is 284 g/mol. The molecule has 2 N–H and O–H groups in total. The Labute approximate surface area is 124 Å². The van der Waals surface area contributed by atoms with Gasteiger partial charge in [-0.25, -0.2) is 9.97 Å². The lowest BCUT2D eigenvalue weighted by atomic mass is 10.2. The number of nitrogens with one attached hydrogen (secondary N) is 2. The van der Waals surface area contributed by atoms with Crippen LogP contribution in [0.3, 0.4) is 0 Å². The summed E-state index contributed by atoms with van der Waals surface area (Å²) in [6.45, 7) is 6.78. The summed E-state index contributed by atoms with van der Waals surface area (Å²) in [7, 11) is 0. The van der Waals surface area contributed by atoms with Crippen molar-refractivity contribution in [2.24, 2.45) is 0 Å². The maximum absolute atomic E-state index is 12.2. The summed E-state index contributed by atoms with van der Waals surface area (Å²) in [5, 5.41) is 5.99. The van der Waals surface area contributed by atoms with Crippen molar-refractivity contribution < 1.29 is 4.79 Å². The Morgan fingerprint density at radius 2 is 1.71 bits per heavy atom. The Morgan fingerprint density at radius 1 is 1.10 bits per heavy atom. The van der Waals surface area contributed by atoms with Gasteiger partial charge in [0.2, 0.25) is 5.95 Å². The first kappa shape index (κ1) is 15.0. The summed E-state index contributed by atoms with van der Waals surface area (Å²) in [5.74, 6) is 0.132. The van der Waals surface area contributed by atoms with Gasteiger partial charge in [0, 0.05) is 29.2 Å². The van der Waals surface area contributed by atoms with Gasteiger partial charge in [-0.2, -0.15) is 0 Å². The number of aryl methyl sites for hydroxylation is 2. The zero-order valence-corrected chi connectivity index (χ0v) is 12.6. The lowest BCUT2D eigenvalue weighted by Crippen LogP contribution is -2.15. The van der Waals surface area contributed by atoms with E-state index in [2.05, 4.69) is 27.5 Å².